The molecule has 1 aromatic heterocycles. The van der Waals surface area contributed by atoms with Crippen LogP contribution in [0.4, 0.5) is 0 Å². The Morgan fingerprint density at radius 1 is 1.17 bits per heavy atom. The molecule has 2 aliphatic carbocycles. The van der Waals surface area contributed by atoms with Crippen molar-refractivity contribution in [1.29, 1.82) is 0 Å². The molecule has 0 spiro atoms. The lowest BCUT2D eigenvalue weighted by Crippen LogP contribution is -2.39. The smallest absolute Gasteiger partial charge is 0.285 e. The fourth-order valence-corrected chi connectivity index (χ4v) is 4.06. The van der Waals surface area contributed by atoms with Crippen LogP contribution in [0.25, 0.3) is 5.69 Å². The first-order valence-electron chi connectivity index (χ1n) is 8.79. The van der Waals surface area contributed by atoms with Gasteiger partial charge in [-0.15, -0.1) is 0 Å². The van der Waals surface area contributed by atoms with Crippen molar-refractivity contribution in [3.05, 3.63) is 51.7 Å². The van der Waals surface area contributed by atoms with E-state index in [1.807, 2.05) is 42.0 Å². The third-order valence-electron chi connectivity index (χ3n) is 5.31. The second-order valence-corrected chi connectivity index (χ2v) is 7.83. The van der Waals surface area contributed by atoms with E-state index in [4.69, 9.17) is 11.6 Å². The molecule has 0 radical (unpaired) electrons. The lowest BCUT2D eigenvalue weighted by Gasteiger charge is -2.28. The molecular formula is C19H24ClN3O. The summed E-state index contributed by atoms with van der Waals surface area (Å²) in [6.45, 7) is 2.64. The molecule has 2 aromatic rings. The molecule has 0 amide bonds. The van der Waals surface area contributed by atoms with Gasteiger partial charge in [0.05, 0.1) is 12.4 Å². The van der Waals surface area contributed by atoms with Gasteiger partial charge in [0, 0.05) is 23.0 Å². The molecule has 2 fully saturated rings. The first-order chi connectivity index (χ1) is 11.5. The van der Waals surface area contributed by atoms with Crippen LogP contribution in [-0.4, -0.2) is 27.1 Å². The van der Waals surface area contributed by atoms with Gasteiger partial charge in [0.15, 0.2) is 0 Å². The van der Waals surface area contributed by atoms with Gasteiger partial charge in [0.25, 0.3) is 0 Å². The summed E-state index contributed by atoms with van der Waals surface area (Å²) in [5, 5.41) is 0.681. The van der Waals surface area contributed by atoms with Gasteiger partial charge in [-0.2, -0.15) is 0 Å². The lowest BCUT2D eigenvalue weighted by molar-refractivity contribution is 0.151. The Morgan fingerprint density at radius 2 is 1.75 bits per heavy atom. The van der Waals surface area contributed by atoms with Gasteiger partial charge in [-0.1, -0.05) is 11.6 Å². The minimum absolute atomic E-state index is 0.0204. The van der Waals surface area contributed by atoms with Crippen molar-refractivity contribution in [2.24, 2.45) is 11.8 Å². The maximum absolute atomic E-state index is 12.9. The van der Waals surface area contributed by atoms with Gasteiger partial charge in [0.1, 0.15) is 0 Å². The standard InChI is InChI=1S/C19H24ClN3O/c1-13-11-22(12-21(2)18(14-3-4-14)15-5-6-15)19(24)23(13)17-9-7-16(20)8-10-17/h7-11,14-15,18H,3-6,12H2,1-2H3. The Kier molecular flexibility index (Phi) is 4.05. The molecule has 2 saturated carbocycles. The van der Waals surface area contributed by atoms with Crippen LogP contribution in [-0.2, 0) is 6.67 Å². The summed E-state index contributed by atoms with van der Waals surface area (Å²) in [7, 11) is 2.17. The largest absolute Gasteiger partial charge is 0.334 e. The molecule has 128 valence electrons. The predicted octanol–water partition coefficient (Wildman–Crippen LogP) is 3.68. The molecule has 1 heterocycles. The van der Waals surface area contributed by atoms with Crippen molar-refractivity contribution in [2.45, 2.75) is 45.3 Å². The number of hydrogen-bond acceptors (Lipinski definition) is 2. The zero-order valence-corrected chi connectivity index (χ0v) is 15.0. The molecule has 0 saturated heterocycles. The van der Waals surface area contributed by atoms with Crippen molar-refractivity contribution in [3.63, 3.8) is 0 Å². The molecular weight excluding hydrogens is 322 g/mol. The SMILES string of the molecule is Cc1cn(CN(C)C(C2CC2)C2CC2)c(=O)n1-c1ccc(Cl)cc1. The minimum Gasteiger partial charge on any atom is -0.285 e. The number of imidazole rings is 1. The monoisotopic (exact) mass is 345 g/mol. The topological polar surface area (TPSA) is 30.2 Å². The van der Waals surface area contributed by atoms with E-state index in [0.29, 0.717) is 17.7 Å². The van der Waals surface area contributed by atoms with E-state index < -0.39 is 0 Å². The number of nitrogens with zero attached hydrogens (tertiary/aromatic N) is 3. The number of hydrogen-bond donors (Lipinski definition) is 0. The summed E-state index contributed by atoms with van der Waals surface area (Å²) in [5.41, 5.74) is 1.83. The molecule has 1 aromatic carbocycles. The first kappa shape index (κ1) is 16.0. The minimum atomic E-state index is 0.0204. The number of aromatic nitrogens is 2. The molecule has 0 unspecified atom stereocenters. The molecule has 0 aliphatic heterocycles. The van der Waals surface area contributed by atoms with Crippen LogP contribution in [0, 0.1) is 18.8 Å². The fraction of sp³-hybridized carbons (Fsp3) is 0.526. The fourth-order valence-electron chi connectivity index (χ4n) is 3.94. The zero-order valence-electron chi connectivity index (χ0n) is 14.3. The van der Waals surface area contributed by atoms with Gasteiger partial charge in [-0.05, 0) is 75.8 Å². The van der Waals surface area contributed by atoms with Gasteiger partial charge in [-0.25, -0.2) is 4.79 Å². The quantitative estimate of drug-likeness (QED) is 0.799. The predicted molar refractivity (Wildman–Crippen MR) is 96.8 cm³/mol. The van der Waals surface area contributed by atoms with Crippen LogP contribution in [0.15, 0.2) is 35.3 Å². The third kappa shape index (κ3) is 3.05. The van der Waals surface area contributed by atoms with Crippen LogP contribution in [0.3, 0.4) is 0 Å². The number of rotatable bonds is 6. The van der Waals surface area contributed by atoms with Crippen LogP contribution in [0.2, 0.25) is 5.02 Å². The van der Waals surface area contributed by atoms with E-state index in [1.54, 1.807) is 4.57 Å². The van der Waals surface area contributed by atoms with Gasteiger partial charge in [-0.3, -0.25) is 14.0 Å². The average molecular weight is 346 g/mol. The summed E-state index contributed by atoms with van der Waals surface area (Å²) in [4.78, 5) is 15.3. The second-order valence-electron chi connectivity index (χ2n) is 7.40. The molecule has 5 heteroatoms. The highest BCUT2D eigenvalue weighted by molar-refractivity contribution is 6.30. The van der Waals surface area contributed by atoms with Crippen molar-refractivity contribution in [2.75, 3.05) is 7.05 Å². The maximum atomic E-state index is 12.9. The number of aryl methyl sites for hydroxylation is 1. The second kappa shape index (κ2) is 6.08. The zero-order chi connectivity index (χ0) is 16.8. The summed E-state index contributed by atoms with van der Waals surface area (Å²) in [6, 6.07) is 8.07. The summed E-state index contributed by atoms with van der Waals surface area (Å²) in [5.74, 6) is 1.69. The third-order valence-corrected chi connectivity index (χ3v) is 5.56. The highest BCUT2D eigenvalue weighted by Gasteiger charge is 2.43. The molecule has 2 aliphatic rings. The molecule has 4 nitrogen and oxygen atoms in total. The Balaban J connectivity index is 1.59. The van der Waals surface area contributed by atoms with E-state index in [-0.39, 0.29) is 5.69 Å². The van der Waals surface area contributed by atoms with Crippen LogP contribution >= 0.6 is 11.6 Å². The van der Waals surface area contributed by atoms with Crippen molar-refractivity contribution in [1.82, 2.24) is 14.0 Å². The Bertz CT molecular complexity index is 772. The van der Waals surface area contributed by atoms with E-state index in [2.05, 4.69) is 11.9 Å². The van der Waals surface area contributed by atoms with Gasteiger partial charge < -0.3 is 0 Å². The van der Waals surface area contributed by atoms with E-state index in [1.165, 1.54) is 25.7 Å². The molecule has 24 heavy (non-hydrogen) atoms. The van der Waals surface area contributed by atoms with Gasteiger partial charge >= 0.3 is 5.69 Å². The molecule has 0 bridgehead atoms. The summed E-state index contributed by atoms with van der Waals surface area (Å²) < 4.78 is 3.59. The summed E-state index contributed by atoms with van der Waals surface area (Å²) >= 11 is 5.96. The maximum Gasteiger partial charge on any atom is 0.334 e. The van der Waals surface area contributed by atoms with E-state index >= 15 is 0 Å². The van der Waals surface area contributed by atoms with Crippen molar-refractivity contribution < 1.29 is 0 Å². The van der Waals surface area contributed by atoms with E-state index in [0.717, 1.165) is 23.2 Å². The first-order valence-corrected chi connectivity index (χ1v) is 9.17. The number of benzene rings is 1. The van der Waals surface area contributed by atoms with Crippen LogP contribution in [0.1, 0.15) is 31.4 Å². The molecule has 4 rings (SSSR count). The highest BCUT2D eigenvalue weighted by atomic mass is 35.5. The van der Waals surface area contributed by atoms with Crippen LogP contribution < -0.4 is 5.69 Å². The van der Waals surface area contributed by atoms with Gasteiger partial charge in [0.2, 0.25) is 0 Å². The Labute approximate surface area is 147 Å². The molecule has 0 atom stereocenters. The summed E-state index contributed by atoms with van der Waals surface area (Å²) in [6.07, 6.45) is 7.37. The van der Waals surface area contributed by atoms with Crippen LogP contribution in [0.5, 0.6) is 0 Å². The Hall–Kier alpha value is -1.52. The number of halogens is 1. The normalized spacial score (nSPS) is 17.9. The van der Waals surface area contributed by atoms with E-state index in [9.17, 15) is 4.79 Å². The highest BCUT2D eigenvalue weighted by Crippen LogP contribution is 2.46. The van der Waals surface area contributed by atoms with Crippen molar-refractivity contribution >= 4 is 11.6 Å². The Morgan fingerprint density at radius 3 is 2.29 bits per heavy atom. The molecule has 0 N–H and O–H groups in total. The average Bonchev–Trinajstić information content (AvgIpc) is 3.44. The van der Waals surface area contributed by atoms with Crippen molar-refractivity contribution in [3.8, 4) is 5.69 Å². The lowest BCUT2D eigenvalue weighted by atomic mass is 10.1.